The number of rotatable bonds is 7. The van der Waals surface area contributed by atoms with Crippen LogP contribution in [0, 0.1) is 12.7 Å². The molecule has 0 saturated heterocycles. The number of alkyl halides is 3. The lowest BCUT2D eigenvalue weighted by molar-refractivity contribution is -0.189. The Morgan fingerprint density at radius 3 is 2.58 bits per heavy atom. The highest BCUT2D eigenvalue weighted by atomic mass is 35.5. The molecular weight excluding hydrogens is 516 g/mol. The lowest BCUT2D eigenvalue weighted by Gasteiger charge is -2.19. The molecule has 4 rings (SSSR count). The second kappa shape index (κ2) is 9.34. The third-order valence-corrected chi connectivity index (χ3v) is 5.32. The van der Waals surface area contributed by atoms with Crippen LogP contribution in [0.5, 0.6) is 17.5 Å². The molecule has 4 aromatic heterocycles. The third kappa shape index (κ3) is 4.32. The van der Waals surface area contributed by atoms with E-state index in [0.717, 1.165) is 10.8 Å². The molecule has 2 N–H and O–H groups in total. The summed E-state index contributed by atoms with van der Waals surface area (Å²) in [4.78, 5) is 16.6. The van der Waals surface area contributed by atoms with E-state index in [1.807, 2.05) is 0 Å². The molecule has 1 atom stereocenters. The smallest absolute Gasteiger partial charge is 0.425 e. The average Bonchev–Trinajstić information content (AvgIpc) is 3.33. The van der Waals surface area contributed by atoms with Gasteiger partial charge < -0.3 is 14.6 Å². The Morgan fingerprint density at radius 1 is 1.31 bits per heavy atom. The van der Waals surface area contributed by atoms with Crippen LogP contribution in [0.25, 0.3) is 16.6 Å². The highest BCUT2D eigenvalue weighted by molar-refractivity contribution is 6.31. The number of hydrogen-bond acceptors (Lipinski definition) is 9. The molecule has 12 nitrogen and oxygen atoms in total. The summed E-state index contributed by atoms with van der Waals surface area (Å²) in [6, 6.07) is 0. The maximum atomic E-state index is 15.7. The zero-order chi connectivity index (χ0) is 26.4. The topological polar surface area (TPSA) is 146 Å². The first-order chi connectivity index (χ1) is 17.0. The zero-order valence-electron chi connectivity index (χ0n) is 18.8. The molecule has 17 heteroatoms. The number of nitrogens with one attached hydrogen (secondary N) is 1. The quantitative estimate of drug-likeness (QED) is 0.343. The van der Waals surface area contributed by atoms with Crippen LogP contribution >= 0.6 is 11.6 Å². The summed E-state index contributed by atoms with van der Waals surface area (Å²) in [5, 5.41) is 26.0. The van der Waals surface area contributed by atoms with Gasteiger partial charge >= 0.3 is 11.9 Å². The standard InChI is InChI=1S/C19H17ClF4N8O4/c1-4-31-10(6-33)30-32(18(31)34)15-12(21)9-5-25-29-17(36-13-7(2)27-28-14(13)20)11(9)16(26-15)35-8(3)19(22,23)24/h5,8,33H,4,6H2,1-3H3,(H,27,28). The first kappa shape index (κ1) is 25.3. The summed E-state index contributed by atoms with van der Waals surface area (Å²) in [6.45, 7) is 3.26. The Morgan fingerprint density at radius 2 is 2.03 bits per heavy atom. The van der Waals surface area contributed by atoms with E-state index in [1.165, 1.54) is 0 Å². The number of hydrogen-bond donors (Lipinski definition) is 2. The molecule has 0 spiro atoms. The minimum Gasteiger partial charge on any atom is -0.464 e. The van der Waals surface area contributed by atoms with Crippen LogP contribution < -0.4 is 15.2 Å². The molecule has 0 radical (unpaired) electrons. The molecule has 0 amide bonds. The Labute approximate surface area is 203 Å². The van der Waals surface area contributed by atoms with Gasteiger partial charge in [0.2, 0.25) is 5.88 Å². The van der Waals surface area contributed by atoms with Gasteiger partial charge in [0.25, 0.3) is 5.88 Å². The van der Waals surface area contributed by atoms with E-state index in [1.54, 1.807) is 13.8 Å². The van der Waals surface area contributed by atoms with Gasteiger partial charge in [-0.15, -0.1) is 10.2 Å². The highest BCUT2D eigenvalue weighted by Crippen LogP contribution is 2.39. The van der Waals surface area contributed by atoms with Crippen LogP contribution in [0.15, 0.2) is 11.0 Å². The second-order valence-electron chi connectivity index (χ2n) is 7.38. The van der Waals surface area contributed by atoms with Gasteiger partial charge in [0.15, 0.2) is 34.5 Å². The summed E-state index contributed by atoms with van der Waals surface area (Å²) in [6.07, 6.45) is -6.32. The van der Waals surface area contributed by atoms with Crippen molar-refractivity contribution in [2.24, 2.45) is 0 Å². The summed E-state index contributed by atoms with van der Waals surface area (Å²) in [5.41, 5.74) is -0.551. The maximum Gasteiger partial charge on any atom is 0.425 e. The molecule has 0 fully saturated rings. The van der Waals surface area contributed by atoms with Crippen molar-refractivity contribution in [2.45, 2.75) is 46.2 Å². The molecule has 0 aliphatic heterocycles. The van der Waals surface area contributed by atoms with E-state index in [9.17, 15) is 23.1 Å². The fraction of sp³-hybridized carbons (Fsp3) is 0.368. The predicted molar refractivity (Wildman–Crippen MR) is 115 cm³/mol. The number of fused-ring (bicyclic) bond motifs is 1. The number of aromatic nitrogens is 8. The van der Waals surface area contributed by atoms with Crippen molar-refractivity contribution in [3.63, 3.8) is 0 Å². The minimum atomic E-state index is -4.82. The van der Waals surface area contributed by atoms with Crippen molar-refractivity contribution in [1.82, 2.24) is 39.7 Å². The number of aryl methyl sites for hydroxylation is 1. The number of H-pyrrole nitrogens is 1. The van der Waals surface area contributed by atoms with Crippen LogP contribution in [-0.2, 0) is 13.2 Å². The molecular formula is C19H17ClF4N8O4. The average molecular weight is 533 g/mol. The van der Waals surface area contributed by atoms with Gasteiger partial charge in [0.05, 0.1) is 17.3 Å². The Hall–Kier alpha value is -3.79. The minimum absolute atomic E-state index is 0.0386. The summed E-state index contributed by atoms with van der Waals surface area (Å²) in [7, 11) is 0. The van der Waals surface area contributed by atoms with E-state index >= 15 is 4.39 Å². The lowest BCUT2D eigenvalue weighted by atomic mass is 10.2. The summed E-state index contributed by atoms with van der Waals surface area (Å²) >= 11 is 5.97. The van der Waals surface area contributed by atoms with Gasteiger partial charge in [-0.05, 0) is 20.8 Å². The predicted octanol–water partition coefficient (Wildman–Crippen LogP) is 2.83. The van der Waals surface area contributed by atoms with Crippen molar-refractivity contribution in [3.8, 4) is 23.3 Å². The number of ether oxygens (including phenoxy) is 2. The number of aliphatic hydroxyl groups excluding tert-OH is 1. The van der Waals surface area contributed by atoms with E-state index in [-0.39, 0.29) is 23.3 Å². The van der Waals surface area contributed by atoms with Crippen LogP contribution in [0.1, 0.15) is 25.4 Å². The normalized spacial score (nSPS) is 12.8. The van der Waals surface area contributed by atoms with Gasteiger partial charge in [-0.1, -0.05) is 11.6 Å². The number of aromatic amines is 1. The van der Waals surface area contributed by atoms with E-state index < -0.39 is 58.7 Å². The first-order valence-corrected chi connectivity index (χ1v) is 10.6. The largest absolute Gasteiger partial charge is 0.464 e. The zero-order valence-corrected chi connectivity index (χ0v) is 19.5. The fourth-order valence-corrected chi connectivity index (χ4v) is 3.43. The van der Waals surface area contributed by atoms with Crippen molar-refractivity contribution in [3.05, 3.63) is 39.2 Å². The lowest BCUT2D eigenvalue weighted by Crippen LogP contribution is -2.32. The number of halogens is 5. The Kier molecular flexibility index (Phi) is 6.57. The van der Waals surface area contributed by atoms with Gasteiger partial charge in [-0.25, -0.2) is 9.18 Å². The maximum absolute atomic E-state index is 15.7. The molecule has 0 bridgehead atoms. The third-order valence-electron chi connectivity index (χ3n) is 5.07. The van der Waals surface area contributed by atoms with E-state index in [0.29, 0.717) is 17.3 Å². The SMILES string of the molecule is CCn1c(CO)nn(-c2nc(OC(C)C(F)(F)F)c3c(Oc4c(Cl)n[nH]c4C)nncc3c2F)c1=O. The van der Waals surface area contributed by atoms with E-state index in [2.05, 4.69) is 30.5 Å². The summed E-state index contributed by atoms with van der Waals surface area (Å²) in [5.74, 6) is -3.37. The van der Waals surface area contributed by atoms with Gasteiger partial charge in [-0.3, -0.25) is 9.67 Å². The summed E-state index contributed by atoms with van der Waals surface area (Å²) < 4.78 is 67.9. The molecule has 4 heterocycles. The molecule has 1 unspecified atom stereocenters. The number of aliphatic hydroxyl groups is 1. The molecule has 0 saturated carbocycles. The molecule has 36 heavy (non-hydrogen) atoms. The molecule has 0 aliphatic carbocycles. The fourth-order valence-electron chi connectivity index (χ4n) is 3.21. The van der Waals surface area contributed by atoms with Crippen LogP contribution in [0.2, 0.25) is 5.15 Å². The Balaban J connectivity index is 2.00. The number of pyridine rings is 1. The monoisotopic (exact) mass is 532 g/mol. The molecule has 4 aromatic rings. The Bertz CT molecular complexity index is 1480. The van der Waals surface area contributed by atoms with Crippen molar-refractivity contribution in [2.75, 3.05) is 0 Å². The molecule has 0 aromatic carbocycles. The second-order valence-corrected chi connectivity index (χ2v) is 7.74. The van der Waals surface area contributed by atoms with Crippen molar-refractivity contribution in [1.29, 1.82) is 0 Å². The van der Waals surface area contributed by atoms with Gasteiger partial charge in [-0.2, -0.15) is 33.0 Å². The van der Waals surface area contributed by atoms with Crippen LogP contribution in [0.4, 0.5) is 17.6 Å². The van der Waals surface area contributed by atoms with E-state index in [4.69, 9.17) is 21.1 Å². The molecule has 0 aliphatic rings. The van der Waals surface area contributed by atoms with Gasteiger partial charge in [0.1, 0.15) is 12.0 Å². The first-order valence-electron chi connectivity index (χ1n) is 10.2. The van der Waals surface area contributed by atoms with Gasteiger partial charge in [0, 0.05) is 6.54 Å². The van der Waals surface area contributed by atoms with Crippen molar-refractivity contribution < 1.29 is 32.1 Å². The molecule has 192 valence electrons. The van der Waals surface area contributed by atoms with Crippen LogP contribution in [0.3, 0.4) is 0 Å². The van der Waals surface area contributed by atoms with Crippen LogP contribution in [-0.4, -0.2) is 57.1 Å². The highest BCUT2D eigenvalue weighted by Gasteiger charge is 2.39. The number of nitrogens with zero attached hydrogens (tertiary/aromatic N) is 7. The van der Waals surface area contributed by atoms with Crippen molar-refractivity contribution >= 4 is 22.4 Å².